The molecule has 0 radical (unpaired) electrons. The first kappa shape index (κ1) is 44.0. The normalized spacial score (nSPS) is 24.3. The first-order valence-corrected chi connectivity index (χ1v) is 27.1. The van der Waals surface area contributed by atoms with Crippen LogP contribution in [0.15, 0.2) is 176 Å². The van der Waals surface area contributed by atoms with Crippen molar-refractivity contribution in [3.63, 3.8) is 0 Å². The van der Waals surface area contributed by atoms with E-state index in [0.29, 0.717) is 0 Å². The van der Waals surface area contributed by atoms with Gasteiger partial charge < -0.3 is 14.7 Å². The van der Waals surface area contributed by atoms with Crippen molar-refractivity contribution in [3.8, 4) is 33.4 Å². The summed E-state index contributed by atoms with van der Waals surface area (Å²) in [5.41, 5.74) is 25.3. The SMILES string of the molecule is CC(C)(C)c1ccc2c(c1)C1(C)CCCCC1(C)N2c1cc2c3c(c1)N1c4c(cc(-c5ccccc5)cc4C4(C)CCCCC14C)B3c1ccc(-c3ccccc3)cc1N2c1cccc(-c2ccccc2)c1. The molecule has 4 heterocycles. The topological polar surface area (TPSA) is 9.72 Å². The van der Waals surface area contributed by atoms with E-state index in [2.05, 4.69) is 239 Å². The van der Waals surface area contributed by atoms with E-state index in [9.17, 15) is 0 Å². The molecule has 2 aliphatic carbocycles. The predicted octanol–water partition coefficient (Wildman–Crippen LogP) is 16.1. The highest BCUT2D eigenvalue weighted by Gasteiger charge is 2.63. The maximum Gasteiger partial charge on any atom is 0.252 e. The smallest absolute Gasteiger partial charge is 0.252 e. The van der Waals surface area contributed by atoms with Gasteiger partial charge in [-0.15, -0.1) is 0 Å². The van der Waals surface area contributed by atoms with Crippen molar-refractivity contribution >= 4 is 62.9 Å². The Labute approximate surface area is 428 Å². The molecular formula is C68H66BN3. The van der Waals surface area contributed by atoms with Crippen molar-refractivity contribution in [2.75, 3.05) is 14.7 Å². The number of anilines is 7. The highest BCUT2D eigenvalue weighted by atomic mass is 15.3. The van der Waals surface area contributed by atoms with Gasteiger partial charge >= 0.3 is 0 Å². The summed E-state index contributed by atoms with van der Waals surface area (Å²) in [7, 11) is 0. The molecule has 356 valence electrons. The number of rotatable bonds is 5. The lowest BCUT2D eigenvalue weighted by atomic mass is 9.33. The van der Waals surface area contributed by atoms with Crippen LogP contribution in [0.1, 0.15) is 117 Å². The van der Waals surface area contributed by atoms with Gasteiger partial charge in [0.05, 0.1) is 11.1 Å². The van der Waals surface area contributed by atoms with E-state index < -0.39 is 0 Å². The average molecular weight is 936 g/mol. The van der Waals surface area contributed by atoms with Crippen molar-refractivity contribution in [1.29, 1.82) is 0 Å². The van der Waals surface area contributed by atoms with Crippen molar-refractivity contribution in [3.05, 3.63) is 193 Å². The van der Waals surface area contributed by atoms with Gasteiger partial charge in [-0.05, 0) is 154 Å². The van der Waals surface area contributed by atoms with Crippen LogP contribution >= 0.6 is 0 Å². The number of benzene rings is 8. The molecule has 14 rings (SSSR count). The van der Waals surface area contributed by atoms with Gasteiger partial charge in [0, 0.05) is 50.6 Å². The molecule has 0 N–H and O–H groups in total. The third kappa shape index (κ3) is 5.93. The molecule has 0 amide bonds. The molecule has 2 fully saturated rings. The van der Waals surface area contributed by atoms with E-state index in [4.69, 9.17) is 0 Å². The third-order valence-electron chi connectivity index (χ3n) is 19.7. The Morgan fingerprint density at radius 3 is 1.62 bits per heavy atom. The van der Waals surface area contributed by atoms with Gasteiger partial charge in [-0.25, -0.2) is 0 Å². The van der Waals surface area contributed by atoms with Crippen LogP contribution in [-0.4, -0.2) is 17.8 Å². The Morgan fingerprint density at radius 2 is 0.972 bits per heavy atom. The Morgan fingerprint density at radius 1 is 0.403 bits per heavy atom. The minimum Gasteiger partial charge on any atom is -0.335 e. The maximum atomic E-state index is 2.94. The number of fused-ring (bicyclic) bond motifs is 10. The molecule has 4 unspecified atom stereocenters. The van der Waals surface area contributed by atoms with Crippen LogP contribution in [0, 0.1) is 0 Å². The second-order valence-electron chi connectivity index (χ2n) is 24.3. The molecule has 0 spiro atoms. The van der Waals surface area contributed by atoms with Crippen LogP contribution in [-0.2, 0) is 16.2 Å². The van der Waals surface area contributed by atoms with Gasteiger partial charge in [0.1, 0.15) is 0 Å². The second kappa shape index (κ2) is 15.4. The van der Waals surface area contributed by atoms with Gasteiger partial charge in [0.25, 0.3) is 6.71 Å². The van der Waals surface area contributed by atoms with E-state index in [-0.39, 0.29) is 34.0 Å². The van der Waals surface area contributed by atoms with Gasteiger partial charge in [0.15, 0.2) is 0 Å². The third-order valence-corrected chi connectivity index (χ3v) is 19.7. The van der Waals surface area contributed by atoms with Crippen LogP contribution in [0.25, 0.3) is 33.4 Å². The van der Waals surface area contributed by atoms with Gasteiger partial charge in [0.2, 0.25) is 0 Å². The summed E-state index contributed by atoms with van der Waals surface area (Å²) in [4.78, 5) is 8.48. The zero-order valence-corrected chi connectivity index (χ0v) is 43.3. The molecule has 4 atom stereocenters. The lowest BCUT2D eigenvalue weighted by molar-refractivity contribution is 0.194. The average Bonchev–Trinajstić information content (AvgIpc) is 3.75. The van der Waals surface area contributed by atoms with E-state index in [1.165, 1.54) is 145 Å². The summed E-state index contributed by atoms with van der Waals surface area (Å²) in [6.07, 6.45) is 9.66. The molecule has 8 aromatic rings. The van der Waals surface area contributed by atoms with Crippen LogP contribution in [0.2, 0.25) is 0 Å². The molecule has 2 saturated carbocycles. The molecular weight excluding hydrogens is 870 g/mol. The van der Waals surface area contributed by atoms with Gasteiger partial charge in [-0.1, -0.05) is 194 Å². The molecule has 0 saturated heterocycles. The lowest BCUT2D eigenvalue weighted by Gasteiger charge is -2.53. The van der Waals surface area contributed by atoms with Crippen molar-refractivity contribution in [1.82, 2.24) is 0 Å². The van der Waals surface area contributed by atoms with Crippen molar-refractivity contribution in [2.24, 2.45) is 0 Å². The molecule has 8 aromatic carbocycles. The molecule has 4 heteroatoms. The predicted molar refractivity (Wildman–Crippen MR) is 306 cm³/mol. The monoisotopic (exact) mass is 936 g/mol. The number of nitrogens with zero attached hydrogens (tertiary/aromatic N) is 3. The van der Waals surface area contributed by atoms with E-state index in [1.807, 2.05) is 0 Å². The Hall–Kier alpha value is -6.78. The largest absolute Gasteiger partial charge is 0.335 e. The van der Waals surface area contributed by atoms with E-state index in [1.54, 1.807) is 0 Å². The molecule has 0 aromatic heterocycles. The summed E-state index contributed by atoms with van der Waals surface area (Å²) in [6, 6.07) is 68.1. The summed E-state index contributed by atoms with van der Waals surface area (Å²) in [6.45, 7) is 17.7. The fourth-order valence-corrected chi connectivity index (χ4v) is 15.4. The summed E-state index contributed by atoms with van der Waals surface area (Å²) < 4.78 is 0. The first-order chi connectivity index (χ1) is 34.8. The Kier molecular flexibility index (Phi) is 9.39. The maximum absolute atomic E-state index is 2.94. The second-order valence-corrected chi connectivity index (χ2v) is 24.3. The first-order valence-electron chi connectivity index (χ1n) is 27.1. The quantitative estimate of drug-likeness (QED) is 0.159. The molecule has 4 aliphatic heterocycles. The minimum atomic E-state index is -0.127. The van der Waals surface area contributed by atoms with Crippen molar-refractivity contribution in [2.45, 2.75) is 127 Å². The number of hydrogen-bond acceptors (Lipinski definition) is 3. The summed E-state index contributed by atoms with van der Waals surface area (Å²) in [5, 5.41) is 0. The highest BCUT2D eigenvalue weighted by Crippen LogP contribution is 2.65. The van der Waals surface area contributed by atoms with E-state index in [0.717, 1.165) is 12.8 Å². The van der Waals surface area contributed by atoms with Gasteiger partial charge in [-0.2, -0.15) is 0 Å². The van der Waals surface area contributed by atoms with Crippen LogP contribution in [0.4, 0.5) is 39.8 Å². The molecule has 0 bridgehead atoms. The van der Waals surface area contributed by atoms with E-state index >= 15 is 0 Å². The van der Waals surface area contributed by atoms with Crippen molar-refractivity contribution < 1.29 is 0 Å². The van der Waals surface area contributed by atoms with Crippen LogP contribution in [0.5, 0.6) is 0 Å². The molecule has 3 nitrogen and oxygen atoms in total. The zero-order chi connectivity index (χ0) is 48.9. The summed E-state index contributed by atoms with van der Waals surface area (Å²) >= 11 is 0. The summed E-state index contributed by atoms with van der Waals surface area (Å²) in [5.74, 6) is 0. The number of hydrogen-bond donors (Lipinski definition) is 0. The fourth-order valence-electron chi connectivity index (χ4n) is 15.4. The van der Waals surface area contributed by atoms with Gasteiger partial charge in [-0.3, -0.25) is 0 Å². The standard InChI is InChI=1S/C68H66BN3/c1-64(2,3)51-31-33-58-54(42-51)65(4)34-17-19-36-67(65,6)71(58)53-43-60-62-61(44-53)72-63-55(66(5)35-18-20-37-68(66,72)7)39-50(47-26-15-10-16-27-47)40-57(63)69(62)56-32-30-49(46-24-13-9-14-25-46)41-59(56)70(60)52-29-21-28-48(38-52)45-22-11-8-12-23-45/h8-16,21-33,38-44H,17-20,34-37H2,1-7H3. The van der Waals surface area contributed by atoms with Crippen LogP contribution < -0.4 is 31.1 Å². The molecule has 72 heavy (non-hydrogen) atoms. The zero-order valence-electron chi connectivity index (χ0n) is 43.3. The minimum absolute atomic E-state index is 0.00637. The highest BCUT2D eigenvalue weighted by molar-refractivity contribution is 7.00. The lowest BCUT2D eigenvalue weighted by Crippen LogP contribution is -2.64. The Balaban J connectivity index is 1.11. The fraction of sp³-hybridized carbons (Fsp3) is 0.294. The van der Waals surface area contributed by atoms with Crippen LogP contribution in [0.3, 0.4) is 0 Å². The Bertz CT molecular complexity index is 3500. The molecule has 6 aliphatic rings.